The van der Waals surface area contributed by atoms with Crippen LogP contribution in [0.5, 0.6) is 11.5 Å². The van der Waals surface area contributed by atoms with E-state index in [1.54, 1.807) is 24.3 Å². The number of anilines is 1. The van der Waals surface area contributed by atoms with Crippen LogP contribution in [0.2, 0.25) is 0 Å². The first-order chi connectivity index (χ1) is 16.3. The molecule has 34 heavy (non-hydrogen) atoms. The number of fused-ring (bicyclic) bond motifs is 1. The first-order valence-electron chi connectivity index (χ1n) is 11.1. The minimum Gasteiger partial charge on any atom is -0.497 e. The number of hydrogen-bond donors (Lipinski definition) is 3. The molecule has 0 bridgehead atoms. The normalized spacial score (nSPS) is 26.7. The Labute approximate surface area is 198 Å². The molecule has 4 rings (SSSR count). The first kappa shape index (κ1) is 24.0. The molecule has 5 atom stereocenters. The van der Waals surface area contributed by atoms with E-state index in [1.165, 1.54) is 38.5 Å². The number of para-hydroxylation sites is 2. The number of aliphatic hydroxyl groups is 1. The predicted molar refractivity (Wildman–Crippen MR) is 124 cm³/mol. The Morgan fingerprint density at radius 2 is 1.76 bits per heavy atom. The second-order valence-electron chi connectivity index (χ2n) is 8.61. The second-order valence-corrected chi connectivity index (χ2v) is 10.7. The summed E-state index contributed by atoms with van der Waals surface area (Å²) < 4.78 is 36.7. The van der Waals surface area contributed by atoms with Crippen molar-refractivity contribution >= 4 is 27.3 Å². The number of sulfone groups is 1. The summed E-state index contributed by atoms with van der Waals surface area (Å²) in [5.74, 6) is -0.802. The van der Waals surface area contributed by atoms with Crippen LogP contribution < -0.4 is 20.1 Å². The molecule has 2 amide bonds. The highest BCUT2D eigenvalue weighted by molar-refractivity contribution is 7.92. The Bertz CT molecular complexity index is 1170. The Kier molecular flexibility index (Phi) is 6.81. The van der Waals surface area contributed by atoms with Gasteiger partial charge in [0.2, 0.25) is 11.8 Å². The Morgan fingerprint density at radius 3 is 2.44 bits per heavy atom. The van der Waals surface area contributed by atoms with Crippen molar-refractivity contribution in [2.45, 2.75) is 41.6 Å². The van der Waals surface area contributed by atoms with Crippen molar-refractivity contribution in [1.29, 1.82) is 0 Å². The maximum atomic E-state index is 13.2. The molecule has 3 N–H and O–H groups in total. The fourth-order valence-electron chi connectivity index (χ4n) is 4.87. The zero-order chi connectivity index (χ0) is 24.5. The summed E-state index contributed by atoms with van der Waals surface area (Å²) in [5, 5.41) is 15.0. The topological polar surface area (TPSA) is 131 Å². The lowest BCUT2D eigenvalue weighted by Gasteiger charge is -2.44. The van der Waals surface area contributed by atoms with E-state index in [2.05, 4.69) is 10.6 Å². The van der Waals surface area contributed by atoms with Crippen molar-refractivity contribution in [2.75, 3.05) is 19.5 Å². The molecule has 0 spiro atoms. The molecule has 2 aromatic carbocycles. The molecule has 2 fully saturated rings. The molecule has 9 nitrogen and oxygen atoms in total. The van der Waals surface area contributed by atoms with Gasteiger partial charge in [0, 0.05) is 17.9 Å². The van der Waals surface area contributed by atoms with Crippen LogP contribution in [0.4, 0.5) is 5.69 Å². The molecule has 0 aromatic heterocycles. The summed E-state index contributed by atoms with van der Waals surface area (Å²) in [7, 11) is -1.14. The number of rotatable bonds is 6. The summed E-state index contributed by atoms with van der Waals surface area (Å²) in [6, 6.07) is 12.3. The molecule has 0 radical (unpaired) electrons. The van der Waals surface area contributed by atoms with Gasteiger partial charge in [0.15, 0.2) is 15.1 Å². The monoisotopic (exact) mass is 488 g/mol. The summed E-state index contributed by atoms with van der Waals surface area (Å²) in [5.41, 5.74) is 0.551. The van der Waals surface area contributed by atoms with Gasteiger partial charge in [0.25, 0.3) is 0 Å². The average Bonchev–Trinajstić information content (AvgIpc) is 2.83. The molecule has 5 unspecified atom stereocenters. The highest BCUT2D eigenvalue weighted by atomic mass is 32.2. The van der Waals surface area contributed by atoms with Crippen LogP contribution in [0.25, 0.3) is 0 Å². The van der Waals surface area contributed by atoms with Crippen LogP contribution >= 0.6 is 0 Å². The maximum absolute atomic E-state index is 13.2. The lowest BCUT2D eigenvalue weighted by molar-refractivity contribution is -0.132. The third-order valence-electron chi connectivity index (χ3n) is 6.70. The van der Waals surface area contributed by atoms with Gasteiger partial charge in [-0.1, -0.05) is 12.1 Å². The van der Waals surface area contributed by atoms with E-state index in [1.807, 2.05) is 0 Å². The summed E-state index contributed by atoms with van der Waals surface area (Å²) in [6.45, 7) is 0. The van der Waals surface area contributed by atoms with E-state index >= 15 is 0 Å². The van der Waals surface area contributed by atoms with E-state index < -0.39 is 45.0 Å². The van der Waals surface area contributed by atoms with Crippen LogP contribution in [0, 0.1) is 11.8 Å². The quantitative estimate of drug-likeness (QED) is 0.565. The third kappa shape index (κ3) is 4.47. The molecule has 1 aliphatic heterocycles. The zero-order valence-corrected chi connectivity index (χ0v) is 19.7. The van der Waals surface area contributed by atoms with Crippen LogP contribution in [0.3, 0.4) is 0 Å². The first-order valence-corrected chi connectivity index (χ1v) is 12.6. The zero-order valence-electron chi connectivity index (χ0n) is 18.9. The minimum atomic E-state index is -4.12. The van der Waals surface area contributed by atoms with E-state index in [9.17, 15) is 23.1 Å². The molecular formula is C24H28N2O7S. The molecular weight excluding hydrogens is 460 g/mol. The molecule has 182 valence electrons. The number of benzene rings is 2. The van der Waals surface area contributed by atoms with E-state index in [-0.39, 0.29) is 10.8 Å². The molecule has 1 saturated carbocycles. The average molecular weight is 489 g/mol. The lowest BCUT2D eigenvalue weighted by atomic mass is 9.73. The van der Waals surface area contributed by atoms with E-state index in [0.29, 0.717) is 36.4 Å². The fraction of sp³-hybridized carbons (Fsp3) is 0.417. The summed E-state index contributed by atoms with van der Waals surface area (Å²) in [4.78, 5) is 25.7. The number of amides is 2. The number of carbonyl (C=O) groups is 2. The van der Waals surface area contributed by atoms with Gasteiger partial charge in [0.1, 0.15) is 11.5 Å². The molecule has 10 heteroatoms. The van der Waals surface area contributed by atoms with Crippen LogP contribution in [-0.4, -0.2) is 57.0 Å². The smallest absolute Gasteiger partial charge is 0.241 e. The van der Waals surface area contributed by atoms with Crippen molar-refractivity contribution in [3.05, 3.63) is 48.5 Å². The van der Waals surface area contributed by atoms with Crippen LogP contribution in [0.15, 0.2) is 53.4 Å². The number of methoxy groups -OCH3 is 2. The lowest BCUT2D eigenvalue weighted by Crippen LogP contribution is -2.63. The molecule has 1 aliphatic carbocycles. The standard InChI is InChI=1S/C24H28N2O7S/c1-32-15-8-10-16(11-9-15)34(30,31)22-21(27)17-12-7-14(13-19(17)26-24(22)29)23(28)25-18-5-3-4-6-20(18)33-2/h3-6,8-11,14,17,19,21-22,27H,7,12-13H2,1-2H3,(H,25,28)(H,26,29). The Hall–Kier alpha value is -3.11. The molecule has 2 aromatic rings. The van der Waals surface area contributed by atoms with Crippen molar-refractivity contribution in [3.63, 3.8) is 0 Å². The largest absolute Gasteiger partial charge is 0.497 e. The molecule has 1 saturated heterocycles. The van der Waals surface area contributed by atoms with Gasteiger partial charge in [-0.05, 0) is 55.7 Å². The molecule has 2 aliphatic rings. The highest BCUT2D eigenvalue weighted by Gasteiger charge is 2.52. The number of nitrogens with one attached hydrogen (secondary N) is 2. The summed E-state index contributed by atoms with van der Waals surface area (Å²) >= 11 is 0. The van der Waals surface area contributed by atoms with Gasteiger partial charge in [-0.2, -0.15) is 0 Å². The van der Waals surface area contributed by atoms with Gasteiger partial charge < -0.3 is 25.2 Å². The van der Waals surface area contributed by atoms with Gasteiger partial charge in [-0.15, -0.1) is 0 Å². The fourth-order valence-corrected chi connectivity index (χ4v) is 6.60. The van der Waals surface area contributed by atoms with Crippen molar-refractivity contribution in [1.82, 2.24) is 5.32 Å². The van der Waals surface area contributed by atoms with Gasteiger partial charge in [-0.25, -0.2) is 8.42 Å². The highest BCUT2D eigenvalue weighted by Crippen LogP contribution is 2.38. The third-order valence-corrected chi connectivity index (χ3v) is 8.79. The summed E-state index contributed by atoms with van der Waals surface area (Å²) in [6.07, 6.45) is -0.192. The predicted octanol–water partition coefficient (Wildman–Crippen LogP) is 1.76. The number of aliphatic hydroxyl groups excluding tert-OH is 1. The van der Waals surface area contributed by atoms with Gasteiger partial charge >= 0.3 is 0 Å². The van der Waals surface area contributed by atoms with E-state index in [0.717, 1.165) is 0 Å². The second kappa shape index (κ2) is 9.63. The number of carbonyl (C=O) groups excluding carboxylic acids is 2. The van der Waals surface area contributed by atoms with Crippen molar-refractivity contribution in [2.24, 2.45) is 11.8 Å². The number of hydrogen-bond acceptors (Lipinski definition) is 7. The Morgan fingerprint density at radius 1 is 1.06 bits per heavy atom. The number of piperidine rings is 1. The van der Waals surface area contributed by atoms with Crippen LogP contribution in [-0.2, 0) is 19.4 Å². The van der Waals surface area contributed by atoms with Crippen molar-refractivity contribution < 1.29 is 32.6 Å². The van der Waals surface area contributed by atoms with Crippen molar-refractivity contribution in [3.8, 4) is 11.5 Å². The van der Waals surface area contributed by atoms with Gasteiger partial charge in [-0.3, -0.25) is 9.59 Å². The SMILES string of the molecule is COc1ccc(S(=O)(=O)C2C(=O)NC3CC(C(=O)Nc4ccccc4OC)CCC3C2O)cc1. The molecule has 1 heterocycles. The Balaban J connectivity index is 1.47. The van der Waals surface area contributed by atoms with E-state index in [4.69, 9.17) is 9.47 Å². The number of ether oxygens (including phenoxy) is 2. The maximum Gasteiger partial charge on any atom is 0.241 e. The van der Waals surface area contributed by atoms with Crippen LogP contribution in [0.1, 0.15) is 19.3 Å². The van der Waals surface area contributed by atoms with Gasteiger partial charge in [0.05, 0.1) is 30.9 Å². The minimum absolute atomic E-state index is 0.0594.